The highest BCUT2D eigenvalue weighted by Crippen LogP contribution is 2.31. The molecule has 2 fully saturated rings. The molecule has 3 rings (SSSR count). The van der Waals surface area contributed by atoms with E-state index in [1.807, 2.05) is 13.0 Å². The van der Waals surface area contributed by atoms with Crippen LogP contribution >= 0.6 is 0 Å². The molecule has 2 unspecified atom stereocenters. The van der Waals surface area contributed by atoms with Crippen molar-refractivity contribution in [3.63, 3.8) is 0 Å². The first-order chi connectivity index (χ1) is 9.79. The van der Waals surface area contributed by atoms with Gasteiger partial charge in [-0.3, -0.25) is 4.90 Å². The molecule has 0 saturated carbocycles. The lowest BCUT2D eigenvalue weighted by Gasteiger charge is -2.45. The van der Waals surface area contributed by atoms with Gasteiger partial charge in [0, 0.05) is 36.9 Å². The zero-order valence-corrected chi connectivity index (χ0v) is 12.5. The molecular weight excluding hydrogens is 248 g/mol. The van der Waals surface area contributed by atoms with Crippen molar-refractivity contribution in [2.75, 3.05) is 31.1 Å². The van der Waals surface area contributed by atoms with E-state index in [-0.39, 0.29) is 6.10 Å². The lowest BCUT2D eigenvalue weighted by Crippen LogP contribution is -2.55. The Kier molecular flexibility index (Phi) is 4.27. The van der Waals surface area contributed by atoms with Crippen molar-refractivity contribution in [3.05, 3.63) is 29.8 Å². The van der Waals surface area contributed by atoms with Gasteiger partial charge >= 0.3 is 0 Å². The molecule has 110 valence electrons. The molecule has 3 nitrogen and oxygen atoms in total. The molecule has 3 heteroatoms. The van der Waals surface area contributed by atoms with Crippen molar-refractivity contribution < 1.29 is 5.11 Å². The minimum Gasteiger partial charge on any atom is -0.388 e. The van der Waals surface area contributed by atoms with E-state index in [0.29, 0.717) is 6.04 Å². The molecule has 0 radical (unpaired) electrons. The third-order valence-corrected chi connectivity index (χ3v) is 4.86. The van der Waals surface area contributed by atoms with Gasteiger partial charge in [0.25, 0.3) is 0 Å². The number of fused-ring (bicyclic) bond motifs is 1. The predicted octanol–water partition coefficient (Wildman–Crippen LogP) is 2.80. The summed E-state index contributed by atoms with van der Waals surface area (Å²) in [6, 6.07) is 9.09. The number of benzene rings is 1. The van der Waals surface area contributed by atoms with Crippen LogP contribution in [0.1, 0.15) is 44.3 Å². The fourth-order valence-electron chi connectivity index (χ4n) is 3.65. The summed E-state index contributed by atoms with van der Waals surface area (Å²) in [7, 11) is 0. The van der Waals surface area contributed by atoms with Gasteiger partial charge in [-0.25, -0.2) is 0 Å². The number of piperazine rings is 1. The summed E-state index contributed by atoms with van der Waals surface area (Å²) in [4.78, 5) is 5.14. The number of hydrogen-bond acceptors (Lipinski definition) is 3. The number of para-hydroxylation sites is 1. The highest BCUT2D eigenvalue weighted by Gasteiger charge is 2.30. The Hall–Kier alpha value is -1.06. The lowest BCUT2D eigenvalue weighted by atomic mass is 9.97. The first-order valence-corrected chi connectivity index (χ1v) is 8.05. The van der Waals surface area contributed by atoms with Crippen molar-refractivity contribution in [2.45, 2.75) is 44.8 Å². The zero-order chi connectivity index (χ0) is 13.9. The summed E-state index contributed by atoms with van der Waals surface area (Å²) in [5, 5.41) is 10.2. The third kappa shape index (κ3) is 2.70. The molecular formula is C17H26N2O. The first-order valence-electron chi connectivity index (χ1n) is 8.05. The van der Waals surface area contributed by atoms with E-state index in [0.717, 1.165) is 25.1 Å². The second-order valence-electron chi connectivity index (χ2n) is 6.11. The SMILES string of the molecule is CCC(O)c1ccccc1N1CCN2CCCCC2C1. The molecule has 0 spiro atoms. The van der Waals surface area contributed by atoms with E-state index in [4.69, 9.17) is 0 Å². The van der Waals surface area contributed by atoms with Gasteiger partial charge in [0.2, 0.25) is 0 Å². The van der Waals surface area contributed by atoms with Gasteiger partial charge in [0.1, 0.15) is 0 Å². The number of piperidine rings is 1. The molecule has 1 aromatic carbocycles. The van der Waals surface area contributed by atoms with Crippen LogP contribution in [0.3, 0.4) is 0 Å². The van der Waals surface area contributed by atoms with E-state index < -0.39 is 0 Å². The summed E-state index contributed by atoms with van der Waals surface area (Å²) in [6.07, 6.45) is 4.50. The Labute approximate surface area is 122 Å². The average Bonchev–Trinajstić information content (AvgIpc) is 2.53. The summed E-state index contributed by atoms with van der Waals surface area (Å²) >= 11 is 0. The Morgan fingerprint density at radius 1 is 1.20 bits per heavy atom. The van der Waals surface area contributed by atoms with Gasteiger partial charge < -0.3 is 10.0 Å². The maximum Gasteiger partial charge on any atom is 0.0807 e. The number of nitrogens with zero attached hydrogens (tertiary/aromatic N) is 2. The maximum absolute atomic E-state index is 10.2. The maximum atomic E-state index is 10.2. The van der Waals surface area contributed by atoms with E-state index in [1.165, 1.54) is 38.0 Å². The third-order valence-electron chi connectivity index (χ3n) is 4.86. The van der Waals surface area contributed by atoms with Crippen molar-refractivity contribution in [3.8, 4) is 0 Å². The molecule has 0 aromatic heterocycles. The minimum atomic E-state index is -0.337. The van der Waals surface area contributed by atoms with E-state index in [1.54, 1.807) is 0 Å². The standard InChI is InChI=1S/C17H26N2O/c1-2-17(20)15-8-3-4-9-16(15)19-12-11-18-10-6-5-7-14(18)13-19/h3-4,8-9,14,17,20H,2,5-7,10-13H2,1H3. The van der Waals surface area contributed by atoms with Crippen LogP contribution in [0.25, 0.3) is 0 Å². The Bertz CT molecular complexity index is 448. The summed E-state index contributed by atoms with van der Waals surface area (Å²) in [5.74, 6) is 0. The fraction of sp³-hybridized carbons (Fsp3) is 0.647. The van der Waals surface area contributed by atoms with E-state index in [2.05, 4.69) is 28.0 Å². The average molecular weight is 274 g/mol. The van der Waals surface area contributed by atoms with Crippen molar-refractivity contribution in [1.29, 1.82) is 0 Å². The Morgan fingerprint density at radius 2 is 2.05 bits per heavy atom. The quantitative estimate of drug-likeness (QED) is 0.918. The minimum absolute atomic E-state index is 0.337. The van der Waals surface area contributed by atoms with Gasteiger partial charge in [0.05, 0.1) is 6.10 Å². The van der Waals surface area contributed by atoms with Gasteiger partial charge in [-0.2, -0.15) is 0 Å². The number of anilines is 1. The predicted molar refractivity (Wildman–Crippen MR) is 83.1 cm³/mol. The molecule has 20 heavy (non-hydrogen) atoms. The first kappa shape index (κ1) is 13.9. The molecule has 2 atom stereocenters. The number of rotatable bonds is 3. The molecule has 0 amide bonds. The second kappa shape index (κ2) is 6.15. The fourth-order valence-corrected chi connectivity index (χ4v) is 3.65. The number of hydrogen-bond donors (Lipinski definition) is 1. The zero-order valence-electron chi connectivity index (χ0n) is 12.5. The van der Waals surface area contributed by atoms with Crippen LogP contribution in [0.4, 0.5) is 5.69 Å². The van der Waals surface area contributed by atoms with E-state index in [9.17, 15) is 5.11 Å². The van der Waals surface area contributed by atoms with Crippen LogP contribution in [0.15, 0.2) is 24.3 Å². The number of aliphatic hydroxyl groups is 1. The van der Waals surface area contributed by atoms with Crippen LogP contribution in [0, 0.1) is 0 Å². The molecule has 1 aromatic rings. The molecule has 2 aliphatic rings. The second-order valence-corrected chi connectivity index (χ2v) is 6.11. The Morgan fingerprint density at radius 3 is 2.90 bits per heavy atom. The highest BCUT2D eigenvalue weighted by atomic mass is 16.3. The summed E-state index contributed by atoms with van der Waals surface area (Å²) in [5.41, 5.74) is 2.34. The molecule has 2 saturated heterocycles. The monoisotopic (exact) mass is 274 g/mol. The number of aliphatic hydroxyl groups excluding tert-OH is 1. The van der Waals surface area contributed by atoms with Gasteiger partial charge in [0.15, 0.2) is 0 Å². The smallest absolute Gasteiger partial charge is 0.0807 e. The highest BCUT2D eigenvalue weighted by molar-refractivity contribution is 5.55. The van der Waals surface area contributed by atoms with Crippen LogP contribution in [-0.2, 0) is 0 Å². The van der Waals surface area contributed by atoms with Crippen molar-refractivity contribution in [2.24, 2.45) is 0 Å². The van der Waals surface area contributed by atoms with Crippen LogP contribution in [0.5, 0.6) is 0 Å². The van der Waals surface area contributed by atoms with Gasteiger partial charge in [-0.15, -0.1) is 0 Å². The largest absolute Gasteiger partial charge is 0.388 e. The van der Waals surface area contributed by atoms with Crippen molar-refractivity contribution >= 4 is 5.69 Å². The Balaban J connectivity index is 1.79. The molecule has 1 N–H and O–H groups in total. The van der Waals surface area contributed by atoms with Gasteiger partial charge in [-0.1, -0.05) is 31.5 Å². The topological polar surface area (TPSA) is 26.7 Å². The van der Waals surface area contributed by atoms with Crippen LogP contribution in [-0.4, -0.2) is 42.2 Å². The van der Waals surface area contributed by atoms with Crippen LogP contribution in [0.2, 0.25) is 0 Å². The molecule has 2 heterocycles. The van der Waals surface area contributed by atoms with E-state index >= 15 is 0 Å². The van der Waals surface area contributed by atoms with Crippen molar-refractivity contribution in [1.82, 2.24) is 4.90 Å². The van der Waals surface area contributed by atoms with Gasteiger partial charge in [-0.05, 0) is 31.9 Å². The lowest BCUT2D eigenvalue weighted by molar-refractivity contribution is 0.132. The molecule has 0 bridgehead atoms. The molecule has 2 aliphatic heterocycles. The van der Waals surface area contributed by atoms with Crippen LogP contribution < -0.4 is 4.90 Å². The summed E-state index contributed by atoms with van der Waals surface area (Å²) < 4.78 is 0. The normalized spacial score (nSPS) is 25.3. The molecule has 0 aliphatic carbocycles. The summed E-state index contributed by atoms with van der Waals surface area (Å²) in [6.45, 7) is 6.69.